The molecule has 0 aromatic rings. The molecule has 0 nitrogen and oxygen atoms in total. The van der Waals surface area contributed by atoms with Crippen molar-refractivity contribution in [3.8, 4) is 0 Å². The Labute approximate surface area is 77.1 Å². The summed E-state index contributed by atoms with van der Waals surface area (Å²) in [6, 6.07) is 0. The van der Waals surface area contributed by atoms with Crippen molar-refractivity contribution in [1.82, 2.24) is 0 Å². The van der Waals surface area contributed by atoms with Crippen LogP contribution in [0.4, 0.5) is 0 Å². The van der Waals surface area contributed by atoms with Gasteiger partial charge in [0.1, 0.15) is 0 Å². The van der Waals surface area contributed by atoms with Gasteiger partial charge in [-0.3, -0.25) is 0 Å². The van der Waals surface area contributed by atoms with Gasteiger partial charge >= 0.3 is 0 Å². The standard InChI is InChI=1S/C7H11Cl3/c1-3-6(2)4-5-7(8,9)10/h4H,3,5H2,1-2H3. The van der Waals surface area contributed by atoms with Gasteiger partial charge in [0.25, 0.3) is 0 Å². The quantitative estimate of drug-likeness (QED) is 0.466. The minimum absolute atomic E-state index is 0.497. The lowest BCUT2D eigenvalue weighted by Crippen LogP contribution is -1.98. The molecule has 0 fully saturated rings. The number of rotatable bonds is 2. The second-order valence-electron chi connectivity index (χ2n) is 2.22. The largest absolute Gasteiger partial charge is 0.194 e. The van der Waals surface area contributed by atoms with Gasteiger partial charge in [0.05, 0.1) is 0 Å². The number of halogens is 3. The van der Waals surface area contributed by atoms with Gasteiger partial charge < -0.3 is 0 Å². The summed E-state index contributed by atoms with van der Waals surface area (Å²) in [5, 5.41) is 0. The summed E-state index contributed by atoms with van der Waals surface area (Å²) in [6.07, 6.45) is 3.46. The molecule has 0 aliphatic carbocycles. The Morgan fingerprint density at radius 2 is 1.90 bits per heavy atom. The van der Waals surface area contributed by atoms with Crippen LogP contribution < -0.4 is 0 Å². The van der Waals surface area contributed by atoms with Gasteiger partial charge in [-0.25, -0.2) is 0 Å². The van der Waals surface area contributed by atoms with Gasteiger partial charge in [-0.05, 0) is 13.3 Å². The van der Waals surface area contributed by atoms with E-state index >= 15 is 0 Å². The highest BCUT2D eigenvalue weighted by Crippen LogP contribution is 2.30. The van der Waals surface area contributed by atoms with Crippen LogP contribution >= 0.6 is 34.8 Å². The lowest BCUT2D eigenvalue weighted by molar-refractivity contribution is 1.01. The van der Waals surface area contributed by atoms with Gasteiger partial charge in [0.2, 0.25) is 0 Å². The maximum absolute atomic E-state index is 5.52. The van der Waals surface area contributed by atoms with Crippen LogP contribution in [0.15, 0.2) is 11.6 Å². The van der Waals surface area contributed by atoms with Crippen LogP contribution in [0.5, 0.6) is 0 Å². The first-order valence-electron chi connectivity index (χ1n) is 3.18. The topological polar surface area (TPSA) is 0 Å². The van der Waals surface area contributed by atoms with E-state index in [0.717, 1.165) is 6.42 Å². The van der Waals surface area contributed by atoms with Crippen molar-refractivity contribution >= 4 is 34.8 Å². The van der Waals surface area contributed by atoms with Gasteiger partial charge in [0, 0.05) is 6.42 Å². The molecule has 3 heteroatoms. The molecule has 0 bridgehead atoms. The van der Waals surface area contributed by atoms with Crippen molar-refractivity contribution in [1.29, 1.82) is 0 Å². The van der Waals surface area contributed by atoms with E-state index in [2.05, 4.69) is 6.92 Å². The minimum Gasteiger partial charge on any atom is -0.0833 e. The van der Waals surface area contributed by atoms with E-state index in [9.17, 15) is 0 Å². The third kappa shape index (κ3) is 6.73. The Bertz CT molecular complexity index is 121. The molecule has 0 radical (unpaired) electrons. The fraction of sp³-hybridized carbons (Fsp3) is 0.714. The van der Waals surface area contributed by atoms with E-state index < -0.39 is 3.79 Å². The molecular weight excluding hydrogens is 190 g/mol. The zero-order valence-corrected chi connectivity index (χ0v) is 8.39. The third-order valence-electron chi connectivity index (χ3n) is 1.24. The molecule has 0 atom stereocenters. The van der Waals surface area contributed by atoms with Crippen molar-refractivity contribution in [2.75, 3.05) is 0 Å². The van der Waals surface area contributed by atoms with E-state index in [4.69, 9.17) is 34.8 Å². The second-order valence-corrected chi connectivity index (χ2v) is 4.74. The molecule has 10 heavy (non-hydrogen) atoms. The first-order chi connectivity index (χ1) is 4.45. The van der Waals surface area contributed by atoms with Crippen molar-refractivity contribution in [3.63, 3.8) is 0 Å². The number of hydrogen-bond acceptors (Lipinski definition) is 0. The van der Waals surface area contributed by atoms with E-state index in [1.807, 2.05) is 13.0 Å². The molecule has 0 spiro atoms. The number of alkyl halides is 3. The van der Waals surface area contributed by atoms with Gasteiger partial charge in [-0.1, -0.05) is 53.4 Å². The minimum atomic E-state index is -1.13. The highest BCUT2D eigenvalue weighted by Gasteiger charge is 2.16. The highest BCUT2D eigenvalue weighted by molar-refractivity contribution is 6.67. The molecule has 60 valence electrons. The highest BCUT2D eigenvalue weighted by atomic mass is 35.6. The van der Waals surface area contributed by atoms with E-state index in [1.54, 1.807) is 0 Å². The fourth-order valence-corrected chi connectivity index (χ4v) is 0.666. The fourth-order valence-electron chi connectivity index (χ4n) is 0.434. The van der Waals surface area contributed by atoms with Crippen molar-refractivity contribution in [2.45, 2.75) is 30.5 Å². The summed E-state index contributed by atoms with van der Waals surface area (Å²) in [4.78, 5) is 0. The molecule has 0 aliphatic rings. The summed E-state index contributed by atoms with van der Waals surface area (Å²) in [5.41, 5.74) is 1.26. The number of allylic oxidation sites excluding steroid dienone is 2. The molecule has 0 saturated heterocycles. The smallest absolute Gasteiger partial charge is 0.0833 e. The monoisotopic (exact) mass is 200 g/mol. The zero-order chi connectivity index (χ0) is 8.20. The summed E-state index contributed by atoms with van der Waals surface area (Å²) in [7, 11) is 0. The van der Waals surface area contributed by atoms with E-state index in [-0.39, 0.29) is 0 Å². The molecular formula is C7H11Cl3. The Hall–Kier alpha value is 0.610. The molecule has 0 rings (SSSR count). The van der Waals surface area contributed by atoms with Crippen LogP contribution in [0.25, 0.3) is 0 Å². The predicted molar refractivity (Wildman–Crippen MR) is 49.0 cm³/mol. The van der Waals surface area contributed by atoms with Crippen molar-refractivity contribution in [3.05, 3.63) is 11.6 Å². The first kappa shape index (κ1) is 10.6. The first-order valence-corrected chi connectivity index (χ1v) is 4.31. The molecule has 0 aliphatic heterocycles. The lowest BCUT2D eigenvalue weighted by Gasteiger charge is -2.06. The normalized spacial score (nSPS) is 13.9. The SMILES string of the molecule is CCC(C)=CCC(Cl)(Cl)Cl. The van der Waals surface area contributed by atoms with Crippen LogP contribution in [-0.4, -0.2) is 3.79 Å². The second kappa shape index (κ2) is 4.48. The molecule has 0 unspecified atom stereocenters. The molecule has 0 saturated carbocycles. The third-order valence-corrected chi connectivity index (χ3v) is 1.70. The molecule has 0 N–H and O–H groups in total. The average molecular weight is 202 g/mol. The van der Waals surface area contributed by atoms with Crippen LogP contribution in [0.1, 0.15) is 26.7 Å². The Balaban J connectivity index is 3.73. The van der Waals surface area contributed by atoms with Gasteiger partial charge in [0.15, 0.2) is 3.79 Å². The Kier molecular flexibility index (Phi) is 4.75. The van der Waals surface area contributed by atoms with Gasteiger partial charge in [-0.2, -0.15) is 0 Å². The van der Waals surface area contributed by atoms with E-state index in [0.29, 0.717) is 6.42 Å². The maximum Gasteiger partial charge on any atom is 0.194 e. The average Bonchev–Trinajstić information content (AvgIpc) is 1.81. The molecule has 0 aromatic heterocycles. The van der Waals surface area contributed by atoms with Gasteiger partial charge in [-0.15, -0.1) is 0 Å². The van der Waals surface area contributed by atoms with Crippen LogP contribution in [0, 0.1) is 0 Å². The van der Waals surface area contributed by atoms with Crippen molar-refractivity contribution < 1.29 is 0 Å². The van der Waals surface area contributed by atoms with E-state index in [1.165, 1.54) is 5.57 Å². The van der Waals surface area contributed by atoms with Crippen molar-refractivity contribution in [2.24, 2.45) is 0 Å². The van der Waals surface area contributed by atoms with Crippen LogP contribution in [0.2, 0.25) is 0 Å². The maximum atomic E-state index is 5.52. The predicted octanol–water partition coefficient (Wildman–Crippen LogP) is 4.10. The summed E-state index contributed by atoms with van der Waals surface area (Å²) < 4.78 is -1.13. The number of hydrogen-bond donors (Lipinski definition) is 0. The molecule has 0 heterocycles. The zero-order valence-electron chi connectivity index (χ0n) is 6.13. The Morgan fingerprint density at radius 1 is 1.40 bits per heavy atom. The lowest BCUT2D eigenvalue weighted by atomic mass is 10.2. The summed E-state index contributed by atoms with van der Waals surface area (Å²) in [5.74, 6) is 0. The summed E-state index contributed by atoms with van der Waals surface area (Å²) >= 11 is 16.6. The molecule has 0 aromatic carbocycles. The molecule has 0 amide bonds. The summed E-state index contributed by atoms with van der Waals surface area (Å²) in [6.45, 7) is 4.10. The van der Waals surface area contributed by atoms with Crippen LogP contribution in [-0.2, 0) is 0 Å². The Morgan fingerprint density at radius 3 is 2.20 bits per heavy atom. The van der Waals surface area contributed by atoms with Crippen LogP contribution in [0.3, 0.4) is 0 Å².